The number of hydrogen-bond donors (Lipinski definition) is 2. The fraction of sp³-hybridized carbons (Fsp3) is 0.571. The molecule has 1 aromatic carbocycles. The summed E-state index contributed by atoms with van der Waals surface area (Å²) >= 11 is 3.27. The molecule has 0 heterocycles. The summed E-state index contributed by atoms with van der Waals surface area (Å²) in [4.78, 5) is 0.254. The Hall–Kier alpha value is -0.590. The van der Waals surface area contributed by atoms with Crippen molar-refractivity contribution in [3.8, 4) is 0 Å². The zero-order chi connectivity index (χ0) is 14.8. The Morgan fingerprint density at radius 1 is 1.25 bits per heavy atom. The Labute approximate surface area is 129 Å². The summed E-state index contributed by atoms with van der Waals surface area (Å²) in [6.45, 7) is 2.23. The lowest BCUT2D eigenvalue weighted by Gasteiger charge is -2.17. The summed E-state index contributed by atoms with van der Waals surface area (Å²) in [7, 11) is -3.49. The molecule has 1 aromatic rings. The van der Waals surface area contributed by atoms with Crippen LogP contribution in [0.5, 0.6) is 0 Å². The van der Waals surface area contributed by atoms with Crippen LogP contribution in [0.2, 0.25) is 0 Å². The summed E-state index contributed by atoms with van der Waals surface area (Å²) in [5.74, 6) is 0.688. The van der Waals surface area contributed by atoms with Crippen molar-refractivity contribution in [2.75, 3.05) is 5.73 Å². The molecule has 1 aliphatic carbocycles. The van der Waals surface area contributed by atoms with Crippen LogP contribution in [-0.4, -0.2) is 14.5 Å². The van der Waals surface area contributed by atoms with Gasteiger partial charge in [-0.25, -0.2) is 13.1 Å². The summed E-state index contributed by atoms with van der Waals surface area (Å²) < 4.78 is 28.2. The number of nitrogens with one attached hydrogen (secondary N) is 1. The van der Waals surface area contributed by atoms with Crippen LogP contribution in [0.25, 0.3) is 0 Å². The molecule has 0 aromatic heterocycles. The molecule has 4 nitrogen and oxygen atoms in total. The highest BCUT2D eigenvalue weighted by Gasteiger charge is 2.24. The highest BCUT2D eigenvalue weighted by atomic mass is 79.9. The number of anilines is 1. The molecule has 112 valence electrons. The molecule has 0 radical (unpaired) electrons. The van der Waals surface area contributed by atoms with Crippen LogP contribution in [0.4, 0.5) is 5.69 Å². The summed E-state index contributed by atoms with van der Waals surface area (Å²) in [5, 5.41) is 0. The Bertz CT molecular complexity index is 575. The topological polar surface area (TPSA) is 72.2 Å². The molecule has 1 fully saturated rings. The highest BCUT2D eigenvalue weighted by molar-refractivity contribution is 9.10. The number of nitrogen functional groups attached to an aromatic ring is 1. The SMILES string of the molecule is CC1CCCC(NS(=O)(=O)c2ccc(N)cc2Br)CC1. The minimum atomic E-state index is -3.49. The molecule has 0 amide bonds. The van der Waals surface area contributed by atoms with E-state index in [0.29, 0.717) is 16.1 Å². The highest BCUT2D eigenvalue weighted by Crippen LogP contribution is 2.27. The zero-order valence-corrected chi connectivity index (χ0v) is 14.0. The first-order chi connectivity index (χ1) is 9.38. The average Bonchev–Trinajstić information content (AvgIpc) is 2.53. The lowest BCUT2D eigenvalue weighted by Crippen LogP contribution is -2.34. The fourth-order valence-corrected chi connectivity index (χ4v) is 5.02. The molecule has 3 N–H and O–H groups in total. The van der Waals surface area contributed by atoms with Crippen LogP contribution >= 0.6 is 15.9 Å². The van der Waals surface area contributed by atoms with Crippen molar-refractivity contribution in [2.45, 2.75) is 50.0 Å². The quantitative estimate of drug-likeness (QED) is 0.641. The van der Waals surface area contributed by atoms with Gasteiger partial charge in [0.1, 0.15) is 0 Å². The van der Waals surface area contributed by atoms with Crippen LogP contribution in [0.3, 0.4) is 0 Å². The molecule has 1 aliphatic rings. The van der Waals surface area contributed by atoms with E-state index >= 15 is 0 Å². The number of hydrogen-bond acceptors (Lipinski definition) is 3. The number of halogens is 1. The van der Waals surface area contributed by atoms with E-state index < -0.39 is 10.0 Å². The standard InChI is InChI=1S/C14H21BrN2O2S/c1-10-3-2-4-12(7-5-10)17-20(18,19)14-8-6-11(16)9-13(14)15/h6,8-10,12,17H,2-5,7,16H2,1H3. The molecule has 2 unspecified atom stereocenters. The van der Waals surface area contributed by atoms with Gasteiger partial charge >= 0.3 is 0 Å². The molecule has 0 aliphatic heterocycles. The van der Waals surface area contributed by atoms with Crippen molar-refractivity contribution in [1.29, 1.82) is 0 Å². The smallest absolute Gasteiger partial charge is 0.241 e. The number of benzene rings is 1. The van der Waals surface area contributed by atoms with Gasteiger partial charge in [0.05, 0.1) is 4.90 Å². The van der Waals surface area contributed by atoms with Crippen molar-refractivity contribution < 1.29 is 8.42 Å². The third kappa shape index (κ3) is 3.96. The molecule has 0 bridgehead atoms. The molecule has 0 spiro atoms. The summed E-state index contributed by atoms with van der Waals surface area (Å²) in [6, 6.07) is 4.80. The lowest BCUT2D eigenvalue weighted by atomic mass is 10.0. The maximum Gasteiger partial charge on any atom is 0.241 e. The second kappa shape index (κ2) is 6.45. The molecule has 6 heteroatoms. The second-order valence-electron chi connectivity index (χ2n) is 5.62. The minimum Gasteiger partial charge on any atom is -0.399 e. The van der Waals surface area contributed by atoms with Gasteiger partial charge in [0, 0.05) is 16.2 Å². The monoisotopic (exact) mass is 360 g/mol. The Morgan fingerprint density at radius 2 is 2.00 bits per heavy atom. The van der Waals surface area contributed by atoms with Gasteiger partial charge in [0.15, 0.2) is 0 Å². The van der Waals surface area contributed by atoms with Crippen LogP contribution in [0, 0.1) is 5.92 Å². The van der Waals surface area contributed by atoms with E-state index in [1.807, 2.05) is 0 Å². The van der Waals surface area contributed by atoms with E-state index in [-0.39, 0.29) is 10.9 Å². The molecule has 20 heavy (non-hydrogen) atoms. The minimum absolute atomic E-state index is 0.0365. The van der Waals surface area contributed by atoms with E-state index in [2.05, 4.69) is 27.6 Å². The van der Waals surface area contributed by atoms with Crippen LogP contribution < -0.4 is 10.5 Å². The molecule has 2 rings (SSSR count). The fourth-order valence-electron chi connectivity index (χ4n) is 2.62. The molecule has 0 saturated heterocycles. The largest absolute Gasteiger partial charge is 0.399 e. The number of sulfonamides is 1. The molecule has 2 atom stereocenters. The van der Waals surface area contributed by atoms with Crippen LogP contribution in [-0.2, 0) is 10.0 Å². The first kappa shape index (κ1) is 15.8. The zero-order valence-electron chi connectivity index (χ0n) is 11.6. The Kier molecular flexibility index (Phi) is 5.09. The van der Waals surface area contributed by atoms with Crippen molar-refractivity contribution in [3.63, 3.8) is 0 Å². The lowest BCUT2D eigenvalue weighted by molar-refractivity contribution is 0.484. The second-order valence-corrected chi connectivity index (χ2v) is 8.16. The van der Waals surface area contributed by atoms with Gasteiger partial charge in [-0.1, -0.05) is 19.8 Å². The van der Waals surface area contributed by atoms with Gasteiger partial charge in [0.2, 0.25) is 10.0 Å². The van der Waals surface area contributed by atoms with Crippen molar-refractivity contribution in [3.05, 3.63) is 22.7 Å². The molecule has 1 saturated carbocycles. The summed E-state index contributed by atoms with van der Waals surface area (Å²) in [6.07, 6.45) is 5.17. The maximum absolute atomic E-state index is 12.4. The van der Waals surface area contributed by atoms with Gasteiger partial charge in [-0.2, -0.15) is 0 Å². The van der Waals surface area contributed by atoms with Gasteiger partial charge < -0.3 is 5.73 Å². The van der Waals surface area contributed by atoms with E-state index in [1.165, 1.54) is 6.42 Å². The van der Waals surface area contributed by atoms with E-state index in [0.717, 1.165) is 25.7 Å². The number of nitrogens with two attached hydrogens (primary N) is 1. The van der Waals surface area contributed by atoms with Gasteiger partial charge in [-0.15, -0.1) is 0 Å². The van der Waals surface area contributed by atoms with E-state index in [4.69, 9.17) is 5.73 Å². The predicted octanol–water partition coefficient (Wildman–Crippen LogP) is 3.28. The maximum atomic E-state index is 12.4. The number of rotatable bonds is 3. The van der Waals surface area contributed by atoms with Gasteiger partial charge in [-0.3, -0.25) is 0 Å². The van der Waals surface area contributed by atoms with Gasteiger partial charge in [-0.05, 0) is 59.3 Å². The Morgan fingerprint density at radius 3 is 2.70 bits per heavy atom. The van der Waals surface area contributed by atoms with Crippen LogP contribution in [0.15, 0.2) is 27.6 Å². The van der Waals surface area contributed by atoms with E-state index in [9.17, 15) is 8.42 Å². The normalized spacial score (nSPS) is 24.3. The predicted molar refractivity (Wildman–Crippen MR) is 84.9 cm³/mol. The Balaban J connectivity index is 2.14. The van der Waals surface area contributed by atoms with Crippen LogP contribution in [0.1, 0.15) is 39.0 Å². The average molecular weight is 361 g/mol. The molecular formula is C14H21BrN2O2S. The third-order valence-corrected chi connectivity index (χ3v) is 6.32. The summed E-state index contributed by atoms with van der Waals surface area (Å²) in [5.41, 5.74) is 6.19. The van der Waals surface area contributed by atoms with Crippen molar-refractivity contribution in [2.24, 2.45) is 5.92 Å². The first-order valence-electron chi connectivity index (χ1n) is 6.96. The van der Waals surface area contributed by atoms with Crippen molar-refractivity contribution in [1.82, 2.24) is 4.72 Å². The first-order valence-corrected chi connectivity index (χ1v) is 9.23. The van der Waals surface area contributed by atoms with Crippen molar-refractivity contribution >= 4 is 31.6 Å². The van der Waals surface area contributed by atoms with Gasteiger partial charge in [0.25, 0.3) is 0 Å². The molecular weight excluding hydrogens is 340 g/mol. The third-order valence-electron chi connectivity index (χ3n) is 3.82. The van der Waals surface area contributed by atoms with E-state index in [1.54, 1.807) is 18.2 Å².